The minimum absolute atomic E-state index is 0.330. The number of hydrogen-bond donors (Lipinski definition) is 1. The largest absolute Gasteiger partial charge is 0.476 e. The van der Waals surface area contributed by atoms with E-state index in [-0.39, 0.29) is 5.82 Å². The number of nitrogens with one attached hydrogen (secondary N) is 1. The summed E-state index contributed by atoms with van der Waals surface area (Å²) in [5.41, 5.74) is 0.765. The van der Waals surface area contributed by atoms with Gasteiger partial charge in [-0.25, -0.2) is 9.37 Å². The minimum Gasteiger partial charge on any atom is -0.476 e. The average Bonchev–Trinajstić information content (AvgIpc) is 2.43. The Morgan fingerprint density at radius 1 is 1.32 bits per heavy atom. The lowest BCUT2D eigenvalue weighted by molar-refractivity contribution is 0.216. The molecule has 0 atom stereocenters. The second kappa shape index (κ2) is 8.82. The van der Waals surface area contributed by atoms with Crippen LogP contribution in [0.1, 0.15) is 26.3 Å². The number of likely N-dealkylation sites (N-methyl/N-ethyl adjacent to an activating group) is 1. The van der Waals surface area contributed by atoms with Gasteiger partial charge in [-0.2, -0.15) is 0 Å². The highest BCUT2D eigenvalue weighted by Crippen LogP contribution is 2.16. The summed E-state index contributed by atoms with van der Waals surface area (Å²) >= 11 is 0. The molecule has 0 fully saturated rings. The van der Waals surface area contributed by atoms with Gasteiger partial charge in [-0.15, -0.1) is 0 Å². The summed E-state index contributed by atoms with van der Waals surface area (Å²) in [6, 6.07) is 1.47. The van der Waals surface area contributed by atoms with Crippen LogP contribution in [0.25, 0.3) is 0 Å². The molecule has 1 N–H and O–H groups in total. The van der Waals surface area contributed by atoms with Gasteiger partial charge < -0.3 is 15.0 Å². The lowest BCUT2D eigenvalue weighted by atomic mass is 10.2. The number of pyridine rings is 1. The van der Waals surface area contributed by atoms with Crippen LogP contribution in [-0.2, 0) is 6.54 Å². The quantitative estimate of drug-likeness (QED) is 0.744. The monoisotopic (exact) mass is 269 g/mol. The molecule has 0 amide bonds. The Morgan fingerprint density at radius 2 is 2.05 bits per heavy atom. The molecular formula is C14H24FN3O. The van der Waals surface area contributed by atoms with Gasteiger partial charge in [0, 0.05) is 18.7 Å². The summed E-state index contributed by atoms with van der Waals surface area (Å²) in [6.45, 7) is 11.1. The molecule has 0 aliphatic carbocycles. The van der Waals surface area contributed by atoms with Crippen LogP contribution >= 0.6 is 0 Å². The molecule has 0 spiro atoms. The number of rotatable bonds is 9. The number of ether oxygens (including phenoxy) is 1. The maximum Gasteiger partial charge on any atom is 0.218 e. The van der Waals surface area contributed by atoms with Crippen molar-refractivity contribution in [3.8, 4) is 5.88 Å². The second-order valence-electron chi connectivity index (χ2n) is 4.27. The van der Waals surface area contributed by atoms with Gasteiger partial charge >= 0.3 is 0 Å². The summed E-state index contributed by atoms with van der Waals surface area (Å²) in [4.78, 5) is 6.30. The maximum atomic E-state index is 13.2. The number of nitrogens with zero attached hydrogens (tertiary/aromatic N) is 2. The molecule has 0 aromatic carbocycles. The van der Waals surface area contributed by atoms with E-state index < -0.39 is 0 Å². The van der Waals surface area contributed by atoms with Crippen LogP contribution in [0.5, 0.6) is 5.88 Å². The predicted molar refractivity (Wildman–Crippen MR) is 74.9 cm³/mol. The van der Waals surface area contributed by atoms with Crippen LogP contribution in [0.15, 0.2) is 12.3 Å². The first kappa shape index (κ1) is 15.9. The topological polar surface area (TPSA) is 37.4 Å². The lowest BCUT2D eigenvalue weighted by Gasteiger charge is -2.18. The Bertz CT molecular complexity index is 370. The zero-order valence-electron chi connectivity index (χ0n) is 12.1. The fraction of sp³-hybridized carbons (Fsp3) is 0.643. The first-order valence-corrected chi connectivity index (χ1v) is 6.91. The van der Waals surface area contributed by atoms with E-state index in [1.807, 2.05) is 6.92 Å². The molecule has 0 saturated carbocycles. The van der Waals surface area contributed by atoms with Crippen LogP contribution in [0.2, 0.25) is 0 Å². The lowest BCUT2D eigenvalue weighted by Crippen LogP contribution is -2.28. The van der Waals surface area contributed by atoms with Crippen molar-refractivity contribution < 1.29 is 9.13 Å². The normalized spacial score (nSPS) is 11.0. The molecule has 0 unspecified atom stereocenters. The van der Waals surface area contributed by atoms with Gasteiger partial charge in [0.1, 0.15) is 12.4 Å². The molecule has 0 aliphatic heterocycles. The summed E-state index contributed by atoms with van der Waals surface area (Å²) in [5, 5.41) is 3.16. The molecule has 0 bridgehead atoms. The van der Waals surface area contributed by atoms with Gasteiger partial charge in [0.15, 0.2) is 0 Å². The SMILES string of the molecule is CCNCc1cc(F)cnc1OCCN(CC)CC. The Morgan fingerprint density at radius 3 is 2.68 bits per heavy atom. The summed E-state index contributed by atoms with van der Waals surface area (Å²) in [7, 11) is 0. The van der Waals surface area contributed by atoms with E-state index in [4.69, 9.17) is 4.74 Å². The van der Waals surface area contributed by atoms with Crippen molar-refractivity contribution in [3.05, 3.63) is 23.6 Å². The van der Waals surface area contributed by atoms with Crippen LogP contribution in [-0.4, -0.2) is 42.7 Å². The molecule has 19 heavy (non-hydrogen) atoms. The molecule has 108 valence electrons. The molecule has 0 saturated heterocycles. The van der Waals surface area contributed by atoms with Crippen LogP contribution < -0.4 is 10.1 Å². The first-order valence-electron chi connectivity index (χ1n) is 6.91. The third kappa shape index (κ3) is 5.53. The fourth-order valence-corrected chi connectivity index (χ4v) is 1.80. The van der Waals surface area contributed by atoms with Gasteiger partial charge in [0.2, 0.25) is 5.88 Å². The van der Waals surface area contributed by atoms with E-state index in [2.05, 4.69) is 29.0 Å². The Labute approximate surface area is 115 Å². The van der Waals surface area contributed by atoms with Crippen molar-refractivity contribution >= 4 is 0 Å². The molecular weight excluding hydrogens is 245 g/mol. The number of aromatic nitrogens is 1. The van der Waals surface area contributed by atoms with Gasteiger partial charge in [0.05, 0.1) is 6.20 Å². The van der Waals surface area contributed by atoms with E-state index in [9.17, 15) is 4.39 Å². The van der Waals surface area contributed by atoms with E-state index in [0.717, 1.165) is 31.7 Å². The van der Waals surface area contributed by atoms with Crippen molar-refractivity contribution in [2.45, 2.75) is 27.3 Å². The first-order chi connectivity index (χ1) is 9.21. The van der Waals surface area contributed by atoms with Crippen LogP contribution in [0, 0.1) is 5.82 Å². The van der Waals surface area contributed by atoms with Gasteiger partial charge in [-0.1, -0.05) is 20.8 Å². The maximum absolute atomic E-state index is 13.2. The molecule has 4 nitrogen and oxygen atoms in total. The van der Waals surface area contributed by atoms with Crippen LogP contribution in [0.3, 0.4) is 0 Å². The van der Waals surface area contributed by atoms with Crippen molar-refractivity contribution in [2.24, 2.45) is 0 Å². The summed E-state index contributed by atoms with van der Waals surface area (Å²) in [6.07, 6.45) is 1.20. The Kier molecular flexibility index (Phi) is 7.36. The van der Waals surface area contributed by atoms with Gasteiger partial charge in [-0.05, 0) is 25.7 Å². The Balaban J connectivity index is 2.56. The molecule has 0 aliphatic rings. The van der Waals surface area contributed by atoms with Crippen molar-refractivity contribution in [1.29, 1.82) is 0 Å². The third-order valence-electron chi connectivity index (χ3n) is 3.00. The highest BCUT2D eigenvalue weighted by atomic mass is 19.1. The fourth-order valence-electron chi connectivity index (χ4n) is 1.80. The van der Waals surface area contributed by atoms with Crippen molar-refractivity contribution in [3.63, 3.8) is 0 Å². The third-order valence-corrected chi connectivity index (χ3v) is 3.00. The standard InChI is InChI=1S/C14H24FN3O/c1-4-16-10-12-9-13(15)11-17-14(12)19-8-7-18(5-2)6-3/h9,11,16H,4-8,10H2,1-3H3. The minimum atomic E-state index is -0.330. The molecule has 1 heterocycles. The molecule has 0 radical (unpaired) electrons. The number of halogens is 1. The van der Waals surface area contributed by atoms with Crippen molar-refractivity contribution in [2.75, 3.05) is 32.8 Å². The summed E-state index contributed by atoms with van der Waals surface area (Å²) < 4.78 is 18.8. The van der Waals surface area contributed by atoms with E-state index in [1.165, 1.54) is 12.3 Å². The van der Waals surface area contributed by atoms with Gasteiger partial charge in [-0.3, -0.25) is 0 Å². The van der Waals surface area contributed by atoms with Crippen LogP contribution in [0.4, 0.5) is 4.39 Å². The second-order valence-corrected chi connectivity index (χ2v) is 4.27. The summed E-state index contributed by atoms with van der Waals surface area (Å²) in [5.74, 6) is 0.193. The highest BCUT2D eigenvalue weighted by molar-refractivity contribution is 5.26. The van der Waals surface area contributed by atoms with E-state index >= 15 is 0 Å². The smallest absolute Gasteiger partial charge is 0.218 e. The van der Waals surface area contributed by atoms with Gasteiger partial charge in [0.25, 0.3) is 0 Å². The zero-order valence-corrected chi connectivity index (χ0v) is 12.1. The Hall–Kier alpha value is -1.20. The molecule has 5 heteroatoms. The molecule has 1 aromatic heterocycles. The average molecular weight is 269 g/mol. The highest BCUT2D eigenvalue weighted by Gasteiger charge is 2.07. The molecule has 1 rings (SSSR count). The number of hydrogen-bond acceptors (Lipinski definition) is 4. The van der Waals surface area contributed by atoms with E-state index in [1.54, 1.807) is 0 Å². The zero-order chi connectivity index (χ0) is 14.1. The predicted octanol–water partition coefficient (Wildman–Crippen LogP) is 2.05. The van der Waals surface area contributed by atoms with Crippen molar-refractivity contribution in [1.82, 2.24) is 15.2 Å². The molecule has 1 aromatic rings. The van der Waals surface area contributed by atoms with E-state index in [0.29, 0.717) is 19.0 Å².